The lowest BCUT2D eigenvalue weighted by atomic mass is 9.95. The van der Waals surface area contributed by atoms with Crippen molar-refractivity contribution in [3.63, 3.8) is 0 Å². The van der Waals surface area contributed by atoms with E-state index in [2.05, 4.69) is 10.6 Å². The molecule has 0 unspecified atom stereocenters. The van der Waals surface area contributed by atoms with E-state index in [1.165, 1.54) is 24.3 Å². The molecule has 0 fully saturated rings. The second kappa shape index (κ2) is 16.8. The fourth-order valence-corrected chi connectivity index (χ4v) is 8.91. The highest BCUT2D eigenvalue weighted by atomic mass is 19.4. The van der Waals surface area contributed by atoms with Gasteiger partial charge < -0.3 is 36.4 Å². The van der Waals surface area contributed by atoms with Crippen LogP contribution in [0.3, 0.4) is 0 Å². The number of hydrogen-bond donors (Lipinski definition) is 4. The molecule has 4 heterocycles. The predicted octanol–water partition coefficient (Wildman–Crippen LogP) is 7.18. The fraction of sp³-hybridized carbons (Fsp3) is 0.304. The second-order valence-corrected chi connectivity index (χ2v) is 17.1. The van der Waals surface area contributed by atoms with Gasteiger partial charge in [0.15, 0.2) is 0 Å². The minimum atomic E-state index is -4.66. The van der Waals surface area contributed by atoms with Crippen LogP contribution >= 0.6 is 0 Å². The summed E-state index contributed by atoms with van der Waals surface area (Å²) >= 11 is 0. The summed E-state index contributed by atoms with van der Waals surface area (Å²) in [4.78, 5) is 61.2. The Morgan fingerprint density at radius 2 is 0.954 bits per heavy atom. The van der Waals surface area contributed by atoms with Crippen molar-refractivity contribution in [2.24, 2.45) is 0 Å². The zero-order valence-electron chi connectivity index (χ0n) is 35.3. The monoisotopic (exact) mass is 902 g/mol. The van der Waals surface area contributed by atoms with Gasteiger partial charge in [-0.1, -0.05) is 36.4 Å². The van der Waals surface area contributed by atoms with Crippen LogP contribution in [-0.4, -0.2) is 91.5 Å². The minimum absolute atomic E-state index is 0.0162. The van der Waals surface area contributed by atoms with Crippen molar-refractivity contribution < 1.29 is 50.0 Å². The maximum Gasteiger partial charge on any atom is 0.416 e. The van der Waals surface area contributed by atoms with E-state index in [0.717, 1.165) is 34.1 Å². The highest BCUT2D eigenvalue weighted by molar-refractivity contribution is 6.08. The molecular weight excluding hydrogens is 857 g/mol. The number of hydrogen-bond acceptors (Lipinski definition) is 6. The van der Waals surface area contributed by atoms with Crippen LogP contribution in [0.25, 0.3) is 0 Å². The molecule has 0 saturated heterocycles. The molecule has 340 valence electrons. The number of halogens is 6. The molecule has 4 aliphatic rings. The van der Waals surface area contributed by atoms with Crippen molar-refractivity contribution in [1.82, 2.24) is 20.4 Å². The molecule has 0 spiro atoms. The summed E-state index contributed by atoms with van der Waals surface area (Å²) in [5.41, 5.74) is 13.0. The maximum atomic E-state index is 14.2. The quantitative estimate of drug-likeness (QED) is 0.0671. The summed E-state index contributed by atoms with van der Waals surface area (Å²) < 4.78 is 83.0. The Morgan fingerprint density at radius 1 is 0.585 bits per heavy atom. The molecule has 65 heavy (non-hydrogen) atoms. The average molecular weight is 903 g/mol. The Labute approximate surface area is 370 Å². The largest absolute Gasteiger partial charge is 0.416 e. The van der Waals surface area contributed by atoms with Crippen LogP contribution in [0.4, 0.5) is 58.7 Å². The van der Waals surface area contributed by atoms with E-state index in [-0.39, 0.29) is 71.9 Å². The summed E-state index contributed by atoms with van der Waals surface area (Å²) in [5, 5.41) is 5.64. The minimum Gasteiger partial charge on any atom is -0.399 e. The van der Waals surface area contributed by atoms with Crippen LogP contribution in [0.1, 0.15) is 47.2 Å². The number of nitrogens with zero attached hydrogens (tertiary/aromatic N) is 5. The third-order valence-corrected chi connectivity index (χ3v) is 12.2. The lowest BCUT2D eigenvalue weighted by molar-refractivity contribution is -0.890. The number of benzene rings is 4. The lowest BCUT2D eigenvalue weighted by Gasteiger charge is -2.34. The highest BCUT2D eigenvalue weighted by Crippen LogP contribution is 2.42. The van der Waals surface area contributed by atoms with Crippen molar-refractivity contribution in [1.29, 1.82) is 0 Å². The number of nitrogens with one attached hydrogen (secondary N) is 2. The van der Waals surface area contributed by atoms with Crippen LogP contribution in [0, 0.1) is 0 Å². The van der Waals surface area contributed by atoms with Crippen molar-refractivity contribution >= 4 is 46.6 Å². The van der Waals surface area contributed by atoms with Gasteiger partial charge >= 0.3 is 24.4 Å². The van der Waals surface area contributed by atoms with Crippen molar-refractivity contribution in [2.45, 2.75) is 37.3 Å². The van der Waals surface area contributed by atoms with Crippen molar-refractivity contribution in [3.8, 4) is 0 Å². The van der Waals surface area contributed by atoms with Gasteiger partial charge in [0.25, 0.3) is 11.8 Å². The van der Waals surface area contributed by atoms with Gasteiger partial charge in [-0.2, -0.15) is 26.3 Å². The molecule has 0 bridgehead atoms. The number of quaternary nitrogens is 1. The van der Waals surface area contributed by atoms with Gasteiger partial charge in [-0.15, -0.1) is 0 Å². The molecule has 19 heteroatoms. The highest BCUT2D eigenvalue weighted by Gasteiger charge is 2.47. The number of anilines is 4. The second-order valence-electron chi connectivity index (χ2n) is 17.1. The van der Waals surface area contributed by atoms with Gasteiger partial charge in [0.1, 0.15) is 0 Å². The molecule has 0 saturated carbocycles. The Morgan fingerprint density at radius 3 is 1.31 bits per heavy atom. The van der Waals surface area contributed by atoms with Crippen LogP contribution in [-0.2, 0) is 21.9 Å². The first-order chi connectivity index (χ1) is 30.7. The number of alkyl halides is 6. The van der Waals surface area contributed by atoms with E-state index in [4.69, 9.17) is 11.5 Å². The predicted molar refractivity (Wildman–Crippen MR) is 230 cm³/mol. The molecule has 6 N–H and O–H groups in total. The SMILES string of the molecule is C[N+](C)(CCCN1CC2=C(C1=O)[C@@H](c1ccc(N)cc1)NC(=O)N2c1cccc(C(F)(F)F)c1)CCCN1CC2=C(C1=O)[C@@H](c1ccc(N)cc1)NC(=O)N2c1cccc(C(F)(F)F)c1. The number of urea groups is 2. The summed E-state index contributed by atoms with van der Waals surface area (Å²) in [7, 11) is 3.99. The molecule has 2 atom stereocenters. The lowest BCUT2D eigenvalue weighted by Crippen LogP contribution is -2.47. The van der Waals surface area contributed by atoms with E-state index in [1.54, 1.807) is 58.3 Å². The molecule has 4 aromatic rings. The summed E-state index contributed by atoms with van der Waals surface area (Å²) in [6.45, 7) is 1.66. The van der Waals surface area contributed by atoms with Gasteiger partial charge in [0.2, 0.25) is 0 Å². The number of carbonyl (C=O) groups is 4. The smallest absolute Gasteiger partial charge is 0.399 e. The van der Waals surface area contributed by atoms with E-state index in [9.17, 15) is 45.5 Å². The Balaban J connectivity index is 0.944. The van der Waals surface area contributed by atoms with E-state index < -0.39 is 47.6 Å². The average Bonchev–Trinajstić information content (AvgIpc) is 3.74. The standard InChI is InChI=1S/C46H45F6N9O4/c1-61(2,21-5-19-57-25-35-37(41(57)62)39(27-11-15-31(53)16-12-27)55-43(64)59(35)33-9-3-7-29(23-33)45(47,48)49)22-6-20-58-26-36-38(42(58)63)40(28-13-17-32(54)18-14-28)56-44(65)60(36)34-10-4-8-30(24-34)46(50,51)52/h3-4,7-18,23-24,39-40H,5-6,19-22,25-26,53-54H2,1-2H3,(H-,55,56,64,65)/p+1/t39-,40-/m1/s1. The molecule has 6 amide bonds. The number of nitrogens with two attached hydrogens (primary N) is 2. The van der Waals surface area contributed by atoms with Crippen LogP contribution in [0.15, 0.2) is 120 Å². The van der Waals surface area contributed by atoms with Crippen molar-refractivity contribution in [3.05, 3.63) is 142 Å². The van der Waals surface area contributed by atoms with Crippen LogP contribution in [0.2, 0.25) is 0 Å². The van der Waals surface area contributed by atoms with Gasteiger partial charge in [-0.3, -0.25) is 19.4 Å². The van der Waals surface area contributed by atoms with Gasteiger partial charge in [-0.25, -0.2) is 9.59 Å². The third kappa shape index (κ3) is 8.92. The van der Waals surface area contributed by atoms with E-state index in [1.807, 2.05) is 14.1 Å². The van der Waals surface area contributed by atoms with Gasteiger partial charge in [0, 0.05) is 37.3 Å². The molecule has 0 aromatic heterocycles. The zero-order valence-corrected chi connectivity index (χ0v) is 35.3. The molecule has 0 radical (unpaired) electrons. The number of nitrogen functional groups attached to an aromatic ring is 2. The molecule has 4 aromatic carbocycles. The normalized spacial score (nSPS) is 19.3. The zero-order chi connectivity index (χ0) is 46.6. The molecule has 0 aliphatic carbocycles. The van der Waals surface area contributed by atoms with E-state index >= 15 is 0 Å². The van der Waals surface area contributed by atoms with E-state index in [0.29, 0.717) is 52.9 Å². The Bertz CT molecular complexity index is 2430. The number of carbonyl (C=O) groups excluding carboxylic acids is 4. The molecular formula is C46H46F6N9O4+. The first-order valence-corrected chi connectivity index (χ1v) is 20.8. The summed E-state index contributed by atoms with van der Waals surface area (Å²) in [5.74, 6) is -0.727. The first-order valence-electron chi connectivity index (χ1n) is 20.8. The molecule has 13 nitrogen and oxygen atoms in total. The molecule has 4 aliphatic heterocycles. The van der Waals surface area contributed by atoms with Crippen LogP contribution in [0.5, 0.6) is 0 Å². The summed E-state index contributed by atoms with van der Waals surface area (Å²) in [6.07, 6.45) is -8.30. The first kappa shape index (κ1) is 44.6. The number of rotatable bonds is 12. The molecule has 8 rings (SSSR count). The number of amides is 6. The van der Waals surface area contributed by atoms with Crippen LogP contribution < -0.4 is 31.9 Å². The topological polar surface area (TPSA) is 157 Å². The van der Waals surface area contributed by atoms with Gasteiger partial charge in [-0.05, 0) is 71.8 Å². The van der Waals surface area contributed by atoms with Crippen molar-refractivity contribution in [2.75, 3.05) is 74.6 Å². The van der Waals surface area contributed by atoms with Gasteiger partial charge in [0.05, 0.1) is 97.4 Å². The summed E-state index contributed by atoms with van der Waals surface area (Å²) in [6, 6.07) is 18.9. The fourth-order valence-electron chi connectivity index (χ4n) is 8.91. The third-order valence-electron chi connectivity index (χ3n) is 12.2. The Hall–Kier alpha value is -7.02. The maximum absolute atomic E-state index is 14.2. The Kier molecular flexibility index (Phi) is 11.5.